The Morgan fingerprint density at radius 3 is 1.22 bits per heavy atom. The molecule has 0 aliphatic heterocycles. The summed E-state index contributed by atoms with van der Waals surface area (Å²) < 4.78 is 12.9. The zero-order valence-corrected chi connectivity index (χ0v) is 37.2. The van der Waals surface area contributed by atoms with Gasteiger partial charge in [0.05, 0.1) is 25.2 Å². The molecule has 6 aromatic rings. The van der Waals surface area contributed by atoms with Gasteiger partial charge in [0, 0.05) is 27.2 Å². The molecule has 60 heavy (non-hydrogen) atoms. The molecule has 0 aliphatic carbocycles. The van der Waals surface area contributed by atoms with E-state index in [2.05, 4.69) is 159 Å². The van der Waals surface area contributed by atoms with Crippen LogP contribution in [0, 0.1) is 5.41 Å². The van der Waals surface area contributed by atoms with Crippen molar-refractivity contribution in [3.63, 3.8) is 0 Å². The summed E-state index contributed by atoms with van der Waals surface area (Å²) in [5.41, 5.74) is 5.82. The van der Waals surface area contributed by atoms with Crippen molar-refractivity contribution < 1.29 is 29.3 Å². The molecule has 0 saturated heterocycles. The summed E-state index contributed by atoms with van der Waals surface area (Å²) in [6.07, 6.45) is -1.03. The molecule has 7 heteroatoms. The van der Waals surface area contributed by atoms with Crippen molar-refractivity contribution >= 4 is 8.60 Å². The molecule has 0 aromatic heterocycles. The molecule has 0 fully saturated rings. The van der Waals surface area contributed by atoms with E-state index in [0.29, 0.717) is 5.75 Å². The second-order valence-electron chi connectivity index (χ2n) is 18.2. The van der Waals surface area contributed by atoms with E-state index in [1.807, 2.05) is 54.6 Å². The first-order chi connectivity index (χ1) is 28.5. The lowest BCUT2D eigenvalue weighted by Gasteiger charge is -2.42. The van der Waals surface area contributed by atoms with Crippen LogP contribution in [0.1, 0.15) is 112 Å². The van der Waals surface area contributed by atoms with Gasteiger partial charge in [-0.3, -0.25) is 0 Å². The van der Waals surface area contributed by atoms with Crippen LogP contribution < -0.4 is 4.74 Å². The van der Waals surface area contributed by atoms with Gasteiger partial charge in [-0.05, 0) is 50.6 Å². The van der Waals surface area contributed by atoms with Crippen molar-refractivity contribution in [3.8, 4) is 5.75 Å². The van der Waals surface area contributed by atoms with Crippen molar-refractivity contribution in [2.24, 2.45) is 5.41 Å². The third-order valence-electron chi connectivity index (χ3n) is 13.0. The van der Waals surface area contributed by atoms with Crippen molar-refractivity contribution in [2.75, 3.05) is 19.8 Å². The van der Waals surface area contributed by atoms with Crippen LogP contribution in [0.15, 0.2) is 158 Å². The summed E-state index contributed by atoms with van der Waals surface area (Å²) in [7, 11) is -2.81. The van der Waals surface area contributed by atoms with E-state index >= 15 is 0 Å². The number of rotatable bonds is 17. The predicted octanol–water partition coefficient (Wildman–Crippen LogP) is 11.3. The maximum absolute atomic E-state index is 11.5. The topological polar surface area (TPSA) is 99.4 Å². The normalized spacial score (nSPS) is 13.3. The van der Waals surface area contributed by atoms with Gasteiger partial charge >= 0.3 is 8.60 Å². The van der Waals surface area contributed by atoms with E-state index < -0.39 is 44.2 Å². The zero-order chi connectivity index (χ0) is 43.3. The van der Waals surface area contributed by atoms with Crippen molar-refractivity contribution in [2.45, 2.75) is 83.2 Å². The van der Waals surface area contributed by atoms with Gasteiger partial charge in [0.15, 0.2) is 0 Å². The van der Waals surface area contributed by atoms with Crippen LogP contribution in [0.4, 0.5) is 0 Å². The van der Waals surface area contributed by atoms with Gasteiger partial charge in [0.25, 0.3) is 0 Å². The quantitative estimate of drug-likeness (QED) is 0.0684. The van der Waals surface area contributed by atoms with Crippen LogP contribution >= 0.6 is 8.60 Å². The van der Waals surface area contributed by atoms with Gasteiger partial charge < -0.3 is 29.3 Å². The molecule has 0 amide bonds. The lowest BCUT2D eigenvalue weighted by molar-refractivity contribution is -0.0707. The fraction of sp³-hybridized carbons (Fsp3) is 0.321. The minimum atomic E-state index is -2.81. The second kappa shape index (κ2) is 18.1. The number of aliphatic hydroxyl groups excluding tert-OH is 2. The summed E-state index contributed by atoms with van der Waals surface area (Å²) in [6.45, 7) is 16.1. The molecule has 0 bridgehead atoms. The zero-order valence-electron chi connectivity index (χ0n) is 36.3. The largest absolute Gasteiger partial charge is 0.485 e. The Balaban J connectivity index is 1.64. The molecule has 1 atom stereocenters. The number of ether oxygens (including phenoxy) is 1. The first-order valence-electron chi connectivity index (χ1n) is 20.7. The van der Waals surface area contributed by atoms with Crippen LogP contribution in [0.2, 0.25) is 0 Å². The molecule has 1 unspecified atom stereocenters. The Kier molecular flexibility index (Phi) is 13.6. The number of hydrogen-bond acceptors (Lipinski definition) is 6. The Hall–Kier alpha value is -4.65. The number of benzene rings is 6. The fourth-order valence-corrected chi connectivity index (χ4v) is 8.88. The Labute approximate surface area is 358 Å². The lowest BCUT2D eigenvalue weighted by atomic mass is 9.68. The third-order valence-corrected chi connectivity index (χ3v) is 13.3. The summed E-state index contributed by atoms with van der Waals surface area (Å²) in [5, 5.41) is 22.9. The molecule has 6 rings (SSSR count). The highest BCUT2D eigenvalue weighted by atomic mass is 31.2. The smallest absolute Gasteiger partial charge is 0.327 e. The summed E-state index contributed by atoms with van der Waals surface area (Å²) in [6, 6.07) is 54.2. The molecule has 0 saturated carbocycles. The van der Waals surface area contributed by atoms with Gasteiger partial charge in [-0.2, -0.15) is 0 Å². The van der Waals surface area contributed by atoms with Crippen molar-refractivity contribution in [1.82, 2.24) is 0 Å². The highest BCUT2D eigenvalue weighted by Crippen LogP contribution is 2.49. The first-order valence-corrected chi connectivity index (χ1v) is 21.9. The highest BCUT2D eigenvalue weighted by molar-refractivity contribution is 7.39. The minimum absolute atomic E-state index is 0.359. The van der Waals surface area contributed by atoms with E-state index in [1.165, 1.54) is 5.56 Å². The van der Waals surface area contributed by atoms with Crippen molar-refractivity contribution in [1.29, 1.82) is 0 Å². The van der Waals surface area contributed by atoms with E-state index in [-0.39, 0.29) is 17.4 Å². The van der Waals surface area contributed by atoms with Crippen LogP contribution in [-0.2, 0) is 26.2 Å². The van der Waals surface area contributed by atoms with Crippen molar-refractivity contribution in [3.05, 3.63) is 208 Å². The third kappa shape index (κ3) is 9.02. The van der Waals surface area contributed by atoms with Crippen LogP contribution in [0.5, 0.6) is 5.75 Å². The van der Waals surface area contributed by atoms with Gasteiger partial charge in [0.2, 0.25) is 0 Å². The van der Waals surface area contributed by atoms with E-state index in [1.54, 1.807) is 0 Å². The molecule has 0 heterocycles. The number of aliphatic hydroxyl groups is 2. The molecular weight excluding hydrogens is 764 g/mol. The highest BCUT2D eigenvalue weighted by Gasteiger charge is 2.46. The summed E-state index contributed by atoms with van der Waals surface area (Å²) >= 11 is 0. The predicted molar refractivity (Wildman–Crippen MR) is 244 cm³/mol. The monoisotopic (exact) mass is 824 g/mol. The van der Waals surface area contributed by atoms with E-state index in [4.69, 9.17) is 9.26 Å². The SMILES string of the molecule is CC(C)(c1ccccc1)c1ccc(OC(c2ccc(C(C)(C)c3ccccc3)cc2C(C)(C)c2ccccc2)C(CO)(CO)COP(O)O)c(C(C)(C)c2ccccc2)c1. The van der Waals surface area contributed by atoms with Crippen LogP contribution in [0.25, 0.3) is 0 Å². The van der Waals surface area contributed by atoms with Crippen LogP contribution in [0.3, 0.4) is 0 Å². The lowest BCUT2D eigenvalue weighted by Crippen LogP contribution is -2.44. The molecule has 0 spiro atoms. The number of hydrogen-bond donors (Lipinski definition) is 4. The van der Waals surface area contributed by atoms with Gasteiger partial charge in [-0.25, -0.2) is 0 Å². The average molecular weight is 825 g/mol. The molecule has 4 N–H and O–H groups in total. The maximum atomic E-state index is 11.5. The molecule has 6 aromatic carbocycles. The standard InChI is InChI=1S/C53H61O6P/c1-49(2,38-21-13-9-14-22-38)42-29-31-44(45(33-42)51(5,6)40-25-17-11-18-26-40)48(53(35-54,36-55)37-58-60(56)57)59-47-32-30-43(50(3,4)39-23-15-10-16-24-39)34-46(47)52(7,8)41-27-19-12-20-28-41/h9-34,48,54-57H,35-37H2,1-8H3. The van der Waals surface area contributed by atoms with Gasteiger partial charge in [-0.1, -0.05) is 207 Å². The molecule has 0 aliphatic rings. The molecule has 0 radical (unpaired) electrons. The van der Waals surface area contributed by atoms with Crippen LogP contribution in [-0.4, -0.2) is 39.8 Å². The van der Waals surface area contributed by atoms with Gasteiger partial charge in [0.1, 0.15) is 11.9 Å². The first kappa shape index (κ1) is 44.9. The van der Waals surface area contributed by atoms with E-state index in [0.717, 1.165) is 44.5 Å². The van der Waals surface area contributed by atoms with E-state index in [9.17, 15) is 20.0 Å². The molecule has 6 nitrogen and oxygen atoms in total. The molecule has 314 valence electrons. The van der Waals surface area contributed by atoms with Gasteiger partial charge in [-0.15, -0.1) is 0 Å². The Morgan fingerprint density at radius 1 is 0.450 bits per heavy atom. The summed E-state index contributed by atoms with van der Waals surface area (Å²) in [5.74, 6) is 0.570. The Bertz CT molecular complexity index is 2300. The maximum Gasteiger partial charge on any atom is 0.327 e. The molecular formula is C53H61O6P. The Morgan fingerprint density at radius 2 is 0.817 bits per heavy atom. The average Bonchev–Trinajstić information content (AvgIpc) is 3.27. The second-order valence-corrected chi connectivity index (χ2v) is 18.9. The summed E-state index contributed by atoms with van der Waals surface area (Å²) in [4.78, 5) is 20.2. The minimum Gasteiger partial charge on any atom is -0.485 e. The fourth-order valence-electron chi connectivity index (χ4n) is 8.50.